The zero-order valence-electron chi connectivity index (χ0n) is 13.3. The Morgan fingerprint density at radius 2 is 2.23 bits per heavy atom. The van der Waals surface area contributed by atoms with Crippen molar-refractivity contribution in [3.05, 3.63) is 30.1 Å². The van der Waals surface area contributed by atoms with Gasteiger partial charge in [0.05, 0.1) is 0 Å². The molecule has 3 unspecified atom stereocenters. The van der Waals surface area contributed by atoms with Crippen molar-refractivity contribution in [3.63, 3.8) is 0 Å². The maximum absolute atomic E-state index is 12.5. The Balaban J connectivity index is 0.00000220. The van der Waals surface area contributed by atoms with E-state index >= 15 is 0 Å². The number of nitrogens with two attached hydrogens (primary N) is 1. The van der Waals surface area contributed by atoms with Crippen LogP contribution in [-0.4, -0.2) is 34.9 Å². The molecule has 22 heavy (non-hydrogen) atoms. The van der Waals surface area contributed by atoms with Crippen molar-refractivity contribution in [2.75, 3.05) is 13.1 Å². The van der Waals surface area contributed by atoms with Gasteiger partial charge in [-0.25, -0.2) is 0 Å². The van der Waals surface area contributed by atoms with Gasteiger partial charge < -0.3 is 10.6 Å². The molecule has 1 amide bonds. The molecule has 0 saturated carbocycles. The molecule has 126 valence electrons. The summed E-state index contributed by atoms with van der Waals surface area (Å²) in [6, 6.07) is 4.16. The summed E-state index contributed by atoms with van der Waals surface area (Å²) < 4.78 is 0. The highest BCUT2D eigenvalue weighted by Crippen LogP contribution is 2.25. The summed E-state index contributed by atoms with van der Waals surface area (Å²) in [6.45, 7) is 5.74. The first-order valence-corrected chi connectivity index (χ1v) is 7.51. The lowest BCUT2D eigenvalue weighted by Gasteiger charge is -2.38. The summed E-state index contributed by atoms with van der Waals surface area (Å²) >= 11 is 0. The summed E-state index contributed by atoms with van der Waals surface area (Å²) in [5, 5.41) is 0. The summed E-state index contributed by atoms with van der Waals surface area (Å²) in [6.07, 6.45) is 6.26. The molecule has 1 saturated heterocycles. The molecule has 0 radical (unpaired) electrons. The Kier molecular flexibility index (Phi) is 9.65. The third kappa shape index (κ3) is 5.41. The van der Waals surface area contributed by atoms with E-state index in [4.69, 9.17) is 5.73 Å². The summed E-state index contributed by atoms with van der Waals surface area (Å²) in [5.41, 5.74) is 6.95. The van der Waals surface area contributed by atoms with Crippen LogP contribution in [0.15, 0.2) is 24.5 Å². The van der Waals surface area contributed by atoms with Gasteiger partial charge in [-0.05, 0) is 36.3 Å². The van der Waals surface area contributed by atoms with E-state index in [0.29, 0.717) is 18.9 Å². The standard InChI is InChI=1S/C16H25N3O.2ClH/c1-12-5-7-19(15(8-12)10-17)16(20)9-13(2)14-4-3-6-18-11-14;;/h3-4,6,11-13,15H,5,7-10,17H2,1-2H3;2*1H. The van der Waals surface area contributed by atoms with E-state index < -0.39 is 0 Å². The molecule has 0 spiro atoms. The quantitative estimate of drug-likeness (QED) is 0.910. The Bertz CT molecular complexity index is 444. The number of rotatable bonds is 4. The largest absolute Gasteiger partial charge is 0.338 e. The lowest BCUT2D eigenvalue weighted by atomic mass is 9.91. The Morgan fingerprint density at radius 1 is 1.50 bits per heavy atom. The van der Waals surface area contributed by atoms with Gasteiger partial charge in [0.25, 0.3) is 0 Å². The predicted molar refractivity (Wildman–Crippen MR) is 94.7 cm³/mol. The molecule has 1 aromatic heterocycles. The molecule has 1 fully saturated rings. The second-order valence-electron chi connectivity index (χ2n) is 6.00. The SMILES string of the molecule is CC1CCN(C(=O)CC(C)c2cccnc2)C(CN)C1.Cl.Cl. The van der Waals surface area contributed by atoms with E-state index in [2.05, 4.69) is 18.8 Å². The van der Waals surface area contributed by atoms with Crippen LogP contribution >= 0.6 is 24.8 Å². The number of amides is 1. The number of piperidine rings is 1. The van der Waals surface area contributed by atoms with Crippen molar-refractivity contribution in [3.8, 4) is 0 Å². The number of likely N-dealkylation sites (tertiary alicyclic amines) is 1. The van der Waals surface area contributed by atoms with Crippen molar-refractivity contribution < 1.29 is 4.79 Å². The fourth-order valence-corrected chi connectivity index (χ4v) is 2.97. The zero-order chi connectivity index (χ0) is 14.5. The Labute approximate surface area is 145 Å². The molecule has 2 heterocycles. The van der Waals surface area contributed by atoms with Gasteiger partial charge in [0, 0.05) is 37.9 Å². The molecule has 0 bridgehead atoms. The van der Waals surface area contributed by atoms with E-state index in [0.717, 1.165) is 24.9 Å². The third-order valence-corrected chi connectivity index (χ3v) is 4.30. The number of nitrogens with zero attached hydrogens (tertiary/aromatic N) is 2. The van der Waals surface area contributed by atoms with Crippen LogP contribution in [0.2, 0.25) is 0 Å². The van der Waals surface area contributed by atoms with Crippen molar-refractivity contribution in [2.45, 2.75) is 45.1 Å². The first-order valence-electron chi connectivity index (χ1n) is 7.51. The van der Waals surface area contributed by atoms with Gasteiger partial charge in [0.2, 0.25) is 5.91 Å². The third-order valence-electron chi connectivity index (χ3n) is 4.30. The molecular weight excluding hydrogens is 321 g/mol. The highest BCUT2D eigenvalue weighted by molar-refractivity contribution is 5.85. The Morgan fingerprint density at radius 3 is 2.82 bits per heavy atom. The van der Waals surface area contributed by atoms with Crippen molar-refractivity contribution in [2.24, 2.45) is 11.7 Å². The van der Waals surface area contributed by atoms with E-state index in [1.165, 1.54) is 0 Å². The lowest BCUT2D eigenvalue weighted by molar-refractivity contribution is -0.135. The molecule has 4 nitrogen and oxygen atoms in total. The smallest absolute Gasteiger partial charge is 0.223 e. The van der Waals surface area contributed by atoms with Crippen molar-refractivity contribution >= 4 is 30.7 Å². The van der Waals surface area contributed by atoms with Crippen LogP contribution in [0.3, 0.4) is 0 Å². The van der Waals surface area contributed by atoms with Crippen LogP contribution in [0.5, 0.6) is 0 Å². The van der Waals surface area contributed by atoms with E-state index in [-0.39, 0.29) is 42.7 Å². The first-order chi connectivity index (χ1) is 9.61. The second kappa shape index (κ2) is 10.0. The van der Waals surface area contributed by atoms with Gasteiger partial charge in [0.1, 0.15) is 0 Å². The number of aromatic nitrogens is 1. The second-order valence-corrected chi connectivity index (χ2v) is 6.00. The van der Waals surface area contributed by atoms with Crippen molar-refractivity contribution in [1.82, 2.24) is 9.88 Å². The fraction of sp³-hybridized carbons (Fsp3) is 0.625. The number of pyridine rings is 1. The first kappa shape index (κ1) is 21.2. The van der Waals surface area contributed by atoms with Gasteiger partial charge in [-0.1, -0.05) is 19.9 Å². The average molecular weight is 348 g/mol. The Hall–Kier alpha value is -0.840. The van der Waals surface area contributed by atoms with E-state index in [1.807, 2.05) is 23.2 Å². The van der Waals surface area contributed by atoms with Gasteiger partial charge in [-0.3, -0.25) is 9.78 Å². The van der Waals surface area contributed by atoms with Crippen LogP contribution < -0.4 is 5.73 Å². The molecule has 1 aromatic rings. The lowest BCUT2D eigenvalue weighted by Crippen LogP contribution is -2.49. The van der Waals surface area contributed by atoms with Crippen molar-refractivity contribution in [1.29, 1.82) is 0 Å². The molecule has 0 aliphatic carbocycles. The predicted octanol–water partition coefficient (Wildman–Crippen LogP) is 3.00. The molecule has 2 rings (SSSR count). The molecule has 1 aliphatic rings. The van der Waals surface area contributed by atoms with Gasteiger partial charge in [0.15, 0.2) is 0 Å². The minimum absolute atomic E-state index is 0. The van der Waals surface area contributed by atoms with Crippen LogP contribution in [0.1, 0.15) is 44.6 Å². The highest BCUT2D eigenvalue weighted by atomic mass is 35.5. The molecular formula is C16H27Cl2N3O. The average Bonchev–Trinajstić information content (AvgIpc) is 2.47. The summed E-state index contributed by atoms with van der Waals surface area (Å²) in [4.78, 5) is 18.6. The number of carbonyl (C=O) groups is 1. The number of carbonyl (C=O) groups excluding carboxylic acids is 1. The van der Waals surface area contributed by atoms with Crippen LogP contribution in [0, 0.1) is 5.92 Å². The fourth-order valence-electron chi connectivity index (χ4n) is 2.97. The van der Waals surface area contributed by atoms with E-state index in [1.54, 1.807) is 6.20 Å². The van der Waals surface area contributed by atoms with Crippen LogP contribution in [-0.2, 0) is 4.79 Å². The van der Waals surface area contributed by atoms with Crippen LogP contribution in [0.25, 0.3) is 0 Å². The van der Waals surface area contributed by atoms with E-state index in [9.17, 15) is 4.79 Å². The topological polar surface area (TPSA) is 59.2 Å². The summed E-state index contributed by atoms with van der Waals surface area (Å²) in [5.74, 6) is 1.10. The molecule has 0 aromatic carbocycles. The van der Waals surface area contributed by atoms with Gasteiger partial charge >= 0.3 is 0 Å². The van der Waals surface area contributed by atoms with Gasteiger partial charge in [-0.15, -0.1) is 24.8 Å². The monoisotopic (exact) mass is 347 g/mol. The molecule has 2 N–H and O–H groups in total. The number of hydrogen-bond donors (Lipinski definition) is 1. The zero-order valence-corrected chi connectivity index (χ0v) is 14.9. The number of halogens is 2. The maximum Gasteiger partial charge on any atom is 0.223 e. The summed E-state index contributed by atoms with van der Waals surface area (Å²) in [7, 11) is 0. The molecule has 3 atom stereocenters. The normalized spacial score (nSPS) is 22.2. The highest BCUT2D eigenvalue weighted by Gasteiger charge is 2.29. The minimum atomic E-state index is 0. The van der Waals surface area contributed by atoms with Crippen LogP contribution in [0.4, 0.5) is 0 Å². The molecule has 6 heteroatoms. The molecule has 1 aliphatic heterocycles. The number of hydrogen-bond acceptors (Lipinski definition) is 3. The minimum Gasteiger partial charge on any atom is -0.338 e. The maximum atomic E-state index is 12.5. The van der Waals surface area contributed by atoms with Gasteiger partial charge in [-0.2, -0.15) is 0 Å².